The van der Waals surface area contributed by atoms with Crippen molar-refractivity contribution in [2.45, 2.75) is 24.4 Å². The van der Waals surface area contributed by atoms with E-state index in [0.717, 1.165) is 0 Å². The van der Waals surface area contributed by atoms with Crippen LogP contribution in [0.4, 0.5) is 0 Å². The number of carboxylic acid groups (broad SMARTS) is 1. The molecule has 0 aliphatic rings. The lowest BCUT2D eigenvalue weighted by molar-refractivity contribution is -0.320. The van der Waals surface area contributed by atoms with Crippen molar-refractivity contribution in [3.8, 4) is 0 Å². The van der Waals surface area contributed by atoms with Gasteiger partial charge in [-0.25, -0.2) is 0 Å². The maximum absolute atomic E-state index is 9.98. The molecule has 0 aromatic rings. The zero-order valence-electron chi connectivity index (χ0n) is 6.57. The van der Waals surface area contributed by atoms with E-state index < -0.39 is 37.0 Å². The normalized spacial score (nSPS) is 20.4. The van der Waals surface area contributed by atoms with Gasteiger partial charge in [0.05, 0.1) is 12.6 Å². The Balaban J connectivity index is 4.24. The highest BCUT2D eigenvalue weighted by Gasteiger charge is 2.30. The number of rotatable bonds is 5. The number of aliphatic carboxylic acids is 1. The van der Waals surface area contributed by atoms with Gasteiger partial charge < -0.3 is 35.4 Å². The Hall–Kier alpha value is -0.730. The number of carbonyl (C=O) groups excluding carboxylic acids is 1. The summed E-state index contributed by atoms with van der Waals surface area (Å²) in [6.07, 6.45) is -8.08. The molecule has 0 fully saturated rings. The topological polar surface area (TPSA) is 141 Å². The van der Waals surface area contributed by atoms with Crippen LogP contribution >= 0.6 is 0 Å². The predicted molar refractivity (Wildman–Crippen MR) is 36.1 cm³/mol. The molecular formula is C6H11O7-. The van der Waals surface area contributed by atoms with Gasteiger partial charge >= 0.3 is 0 Å². The second kappa shape index (κ2) is 5.10. The van der Waals surface area contributed by atoms with E-state index >= 15 is 0 Å². The molecule has 0 aliphatic carbocycles. The molecule has 0 saturated carbocycles. The van der Waals surface area contributed by atoms with Crippen molar-refractivity contribution in [3.05, 3.63) is 0 Å². The minimum Gasteiger partial charge on any atom is -0.547 e. The third kappa shape index (κ3) is 3.25. The number of hydrogen-bond donors (Lipinski definition) is 5. The first kappa shape index (κ1) is 12.3. The number of carboxylic acids is 1. The highest BCUT2D eigenvalue weighted by Crippen LogP contribution is 2.04. The number of aliphatic hydroxyl groups is 5. The van der Waals surface area contributed by atoms with Gasteiger partial charge in [0.1, 0.15) is 24.4 Å². The van der Waals surface area contributed by atoms with E-state index in [4.69, 9.17) is 25.5 Å². The lowest BCUT2D eigenvalue weighted by atomic mass is 10.0. The molecular weight excluding hydrogens is 184 g/mol. The minimum absolute atomic E-state index is 0.863. The molecule has 0 aromatic carbocycles. The standard InChI is InChI=1S/C6H12O7/c7-1-2(8)3(9)4(10)5(11)6(12)13/h2-5,7-11H,1H2,(H,12,13)/p-1/t2-,3+,4+,5-/m0/s1. The Kier molecular flexibility index (Phi) is 4.81. The Labute approximate surface area is 73.5 Å². The summed E-state index contributed by atoms with van der Waals surface area (Å²) in [4.78, 5) is 9.98. The molecule has 0 radical (unpaired) electrons. The highest BCUT2D eigenvalue weighted by atomic mass is 16.4. The third-order valence-electron chi connectivity index (χ3n) is 1.50. The molecule has 13 heavy (non-hydrogen) atoms. The van der Waals surface area contributed by atoms with Gasteiger partial charge in [0.25, 0.3) is 0 Å². The number of carbonyl (C=O) groups is 1. The zero-order chi connectivity index (χ0) is 10.6. The summed E-state index contributed by atoms with van der Waals surface area (Å²) < 4.78 is 0. The largest absolute Gasteiger partial charge is 0.547 e. The zero-order valence-corrected chi connectivity index (χ0v) is 6.57. The predicted octanol–water partition coefficient (Wildman–Crippen LogP) is -4.83. The Morgan fingerprint density at radius 3 is 1.92 bits per heavy atom. The van der Waals surface area contributed by atoms with E-state index in [-0.39, 0.29) is 0 Å². The molecule has 0 heterocycles. The van der Waals surface area contributed by atoms with Gasteiger partial charge in [0.2, 0.25) is 0 Å². The van der Waals surface area contributed by atoms with Crippen molar-refractivity contribution < 1.29 is 35.4 Å². The molecule has 5 N–H and O–H groups in total. The Bertz CT molecular complexity index is 170. The van der Waals surface area contributed by atoms with Crippen molar-refractivity contribution in [1.82, 2.24) is 0 Å². The van der Waals surface area contributed by atoms with Gasteiger partial charge in [-0.15, -0.1) is 0 Å². The fourth-order valence-corrected chi connectivity index (χ4v) is 0.662. The molecule has 4 atom stereocenters. The van der Waals surface area contributed by atoms with Crippen LogP contribution in [0.15, 0.2) is 0 Å². The molecule has 0 saturated heterocycles. The van der Waals surface area contributed by atoms with Crippen LogP contribution in [0.5, 0.6) is 0 Å². The molecule has 7 nitrogen and oxygen atoms in total. The summed E-state index contributed by atoms with van der Waals surface area (Å²) in [5.41, 5.74) is 0. The maximum atomic E-state index is 9.98. The lowest BCUT2D eigenvalue weighted by Crippen LogP contribution is -2.52. The summed E-state index contributed by atoms with van der Waals surface area (Å²) in [7, 11) is 0. The van der Waals surface area contributed by atoms with Crippen molar-refractivity contribution >= 4 is 5.97 Å². The third-order valence-corrected chi connectivity index (χ3v) is 1.50. The van der Waals surface area contributed by atoms with Crippen LogP contribution in [0.1, 0.15) is 0 Å². The summed E-state index contributed by atoms with van der Waals surface area (Å²) in [5, 5.41) is 53.4. The monoisotopic (exact) mass is 195 g/mol. The van der Waals surface area contributed by atoms with Crippen LogP contribution in [0.2, 0.25) is 0 Å². The van der Waals surface area contributed by atoms with Crippen LogP contribution in [-0.2, 0) is 4.79 Å². The van der Waals surface area contributed by atoms with Crippen molar-refractivity contribution in [3.63, 3.8) is 0 Å². The first-order chi connectivity index (χ1) is 5.91. The summed E-state index contributed by atoms with van der Waals surface area (Å²) in [5.74, 6) is -1.98. The van der Waals surface area contributed by atoms with E-state index in [2.05, 4.69) is 0 Å². The Morgan fingerprint density at radius 2 is 1.62 bits per heavy atom. The van der Waals surface area contributed by atoms with Gasteiger partial charge in [-0.2, -0.15) is 0 Å². The van der Waals surface area contributed by atoms with E-state index in [1.165, 1.54) is 0 Å². The SMILES string of the molecule is O=C([O-])[C@@H](O)[C@H](O)[C@H](O)[C@@H](O)CO. The number of hydrogen-bond acceptors (Lipinski definition) is 7. The molecule has 0 amide bonds. The molecule has 0 aliphatic heterocycles. The van der Waals surface area contributed by atoms with Gasteiger partial charge in [-0.1, -0.05) is 0 Å². The van der Waals surface area contributed by atoms with Crippen molar-refractivity contribution in [2.24, 2.45) is 0 Å². The number of aliphatic hydroxyl groups excluding tert-OH is 5. The van der Waals surface area contributed by atoms with Crippen molar-refractivity contribution in [1.29, 1.82) is 0 Å². The fourth-order valence-electron chi connectivity index (χ4n) is 0.662. The smallest absolute Gasteiger partial charge is 0.122 e. The quantitative estimate of drug-likeness (QED) is 0.296. The summed E-state index contributed by atoms with van der Waals surface area (Å²) in [6.45, 7) is -0.863. The molecule has 0 rings (SSSR count). The van der Waals surface area contributed by atoms with Gasteiger partial charge in [0, 0.05) is 0 Å². The minimum atomic E-state index is -2.31. The Morgan fingerprint density at radius 1 is 1.15 bits per heavy atom. The molecule has 0 bridgehead atoms. The van der Waals surface area contributed by atoms with Crippen LogP contribution < -0.4 is 5.11 Å². The average Bonchev–Trinajstić information content (AvgIpc) is 2.12. The lowest BCUT2D eigenvalue weighted by Gasteiger charge is -2.25. The molecule has 78 valence electrons. The average molecular weight is 195 g/mol. The highest BCUT2D eigenvalue weighted by molar-refractivity contribution is 5.70. The summed E-state index contributed by atoms with van der Waals surface area (Å²) >= 11 is 0. The molecule has 7 heteroatoms. The van der Waals surface area contributed by atoms with Crippen LogP contribution in [0.3, 0.4) is 0 Å². The van der Waals surface area contributed by atoms with Crippen LogP contribution in [0, 0.1) is 0 Å². The fraction of sp³-hybridized carbons (Fsp3) is 0.833. The maximum Gasteiger partial charge on any atom is 0.122 e. The van der Waals surface area contributed by atoms with E-state index in [9.17, 15) is 9.90 Å². The molecule has 0 spiro atoms. The second-order valence-corrected chi connectivity index (χ2v) is 2.49. The molecule has 0 unspecified atom stereocenters. The second-order valence-electron chi connectivity index (χ2n) is 2.49. The first-order valence-electron chi connectivity index (χ1n) is 3.45. The molecule has 0 aromatic heterocycles. The van der Waals surface area contributed by atoms with Gasteiger partial charge in [-0.3, -0.25) is 0 Å². The van der Waals surface area contributed by atoms with Gasteiger partial charge in [0.15, 0.2) is 0 Å². The van der Waals surface area contributed by atoms with E-state index in [1.54, 1.807) is 0 Å². The summed E-state index contributed by atoms with van der Waals surface area (Å²) in [6, 6.07) is 0. The van der Waals surface area contributed by atoms with Crippen molar-refractivity contribution in [2.75, 3.05) is 6.61 Å². The van der Waals surface area contributed by atoms with Crippen LogP contribution in [0.25, 0.3) is 0 Å². The van der Waals surface area contributed by atoms with Gasteiger partial charge in [-0.05, 0) is 0 Å². The first-order valence-corrected chi connectivity index (χ1v) is 3.45. The van der Waals surface area contributed by atoms with Crippen LogP contribution in [-0.4, -0.2) is 62.5 Å². The van der Waals surface area contributed by atoms with E-state index in [0.29, 0.717) is 0 Å². The van der Waals surface area contributed by atoms with E-state index in [1.807, 2.05) is 0 Å².